The lowest BCUT2D eigenvalue weighted by Gasteiger charge is -2.28. The Kier molecular flexibility index (Phi) is 11.0. The molecule has 3 rings (SSSR count). The fourth-order valence-corrected chi connectivity index (χ4v) is 4.04. The van der Waals surface area contributed by atoms with Crippen molar-refractivity contribution in [3.8, 4) is 0 Å². The van der Waals surface area contributed by atoms with Crippen molar-refractivity contribution in [2.75, 3.05) is 26.2 Å². The van der Waals surface area contributed by atoms with Gasteiger partial charge in [-0.1, -0.05) is 60.7 Å². The highest BCUT2D eigenvalue weighted by atomic mass is 16.3. The topological polar surface area (TPSA) is 140 Å². The average molecular weight is 535 g/mol. The standard InChI is InChI=1S/C30H38N4O5/c1-30(2,34-27(37)23-10-4-3-5-11-23)29(39)33-26(28(38)32-20-25(36)19-31-15-8-16-35)18-21-13-14-22-9-6-7-12-24(22)17-21/h3-7,9-14,17,25-26,31,35-36H,8,15-16,18-20H2,1-2H3,(H,32,38)(H,33,39)(H,34,37)/t25-,26-/m1/s1. The van der Waals surface area contributed by atoms with E-state index in [0.717, 1.165) is 16.3 Å². The smallest absolute Gasteiger partial charge is 0.252 e. The second kappa shape index (κ2) is 14.4. The Bertz CT molecular complexity index is 1250. The minimum atomic E-state index is -1.30. The highest BCUT2D eigenvalue weighted by Gasteiger charge is 2.33. The summed E-state index contributed by atoms with van der Waals surface area (Å²) in [6.45, 7) is 4.00. The summed E-state index contributed by atoms with van der Waals surface area (Å²) in [4.78, 5) is 39.2. The van der Waals surface area contributed by atoms with Gasteiger partial charge in [0.15, 0.2) is 0 Å². The number of carbonyl (C=O) groups is 3. The first-order valence-corrected chi connectivity index (χ1v) is 13.1. The molecule has 0 aliphatic heterocycles. The molecule has 9 nitrogen and oxygen atoms in total. The molecule has 0 spiro atoms. The van der Waals surface area contributed by atoms with Crippen LogP contribution in [-0.2, 0) is 16.0 Å². The van der Waals surface area contributed by atoms with Gasteiger partial charge in [-0.15, -0.1) is 0 Å². The SMILES string of the molecule is CC(C)(NC(=O)c1ccccc1)C(=O)N[C@H](Cc1ccc2ccccc2c1)C(=O)NC[C@H](O)CNCCCO. The molecule has 0 aliphatic carbocycles. The number of carbonyl (C=O) groups excluding carboxylic acids is 3. The predicted molar refractivity (Wildman–Crippen MR) is 151 cm³/mol. The number of aliphatic hydroxyl groups excluding tert-OH is 2. The maximum Gasteiger partial charge on any atom is 0.252 e. The van der Waals surface area contributed by atoms with Crippen molar-refractivity contribution in [1.82, 2.24) is 21.3 Å². The van der Waals surface area contributed by atoms with Crippen LogP contribution in [-0.4, -0.2) is 71.9 Å². The Labute approximate surface area is 229 Å². The molecule has 0 unspecified atom stereocenters. The van der Waals surface area contributed by atoms with Crippen LogP contribution in [0.4, 0.5) is 0 Å². The third-order valence-electron chi connectivity index (χ3n) is 6.31. The van der Waals surface area contributed by atoms with Gasteiger partial charge in [0, 0.05) is 31.7 Å². The van der Waals surface area contributed by atoms with Crippen LogP contribution >= 0.6 is 0 Å². The first-order chi connectivity index (χ1) is 18.7. The molecule has 208 valence electrons. The summed E-state index contributed by atoms with van der Waals surface area (Å²) in [5.41, 5.74) is -0.0257. The molecule has 0 fully saturated rings. The largest absolute Gasteiger partial charge is 0.396 e. The second-order valence-corrected chi connectivity index (χ2v) is 10.0. The van der Waals surface area contributed by atoms with Crippen molar-refractivity contribution in [3.05, 3.63) is 83.9 Å². The molecular formula is C30H38N4O5. The van der Waals surface area contributed by atoms with Gasteiger partial charge >= 0.3 is 0 Å². The summed E-state index contributed by atoms with van der Waals surface area (Å²) in [6, 6.07) is 21.4. The van der Waals surface area contributed by atoms with Crippen LogP contribution < -0.4 is 21.3 Å². The second-order valence-electron chi connectivity index (χ2n) is 10.0. The van der Waals surface area contributed by atoms with Crippen molar-refractivity contribution in [3.63, 3.8) is 0 Å². The van der Waals surface area contributed by atoms with Crippen molar-refractivity contribution < 1.29 is 24.6 Å². The van der Waals surface area contributed by atoms with E-state index in [0.29, 0.717) is 18.5 Å². The van der Waals surface area contributed by atoms with Gasteiger partial charge in [0.25, 0.3) is 5.91 Å². The van der Waals surface area contributed by atoms with E-state index in [1.165, 1.54) is 0 Å². The molecule has 3 aromatic rings. The normalized spacial score (nSPS) is 12.9. The molecule has 3 amide bonds. The van der Waals surface area contributed by atoms with Gasteiger partial charge in [-0.3, -0.25) is 14.4 Å². The number of benzene rings is 3. The van der Waals surface area contributed by atoms with Gasteiger partial charge in [0.05, 0.1) is 6.10 Å². The van der Waals surface area contributed by atoms with Gasteiger partial charge < -0.3 is 31.5 Å². The van der Waals surface area contributed by atoms with E-state index in [4.69, 9.17) is 5.11 Å². The summed E-state index contributed by atoms with van der Waals surface area (Å²) in [7, 11) is 0. The molecule has 0 heterocycles. The molecule has 9 heteroatoms. The summed E-state index contributed by atoms with van der Waals surface area (Å²) in [5, 5.41) is 32.5. The lowest BCUT2D eigenvalue weighted by molar-refractivity contribution is -0.132. The monoisotopic (exact) mass is 534 g/mol. The van der Waals surface area contributed by atoms with E-state index in [1.54, 1.807) is 44.2 Å². The van der Waals surface area contributed by atoms with Gasteiger partial charge in [0.2, 0.25) is 11.8 Å². The third kappa shape index (κ3) is 9.17. The van der Waals surface area contributed by atoms with Crippen LogP contribution in [0.15, 0.2) is 72.8 Å². The molecule has 0 saturated carbocycles. The number of fused-ring (bicyclic) bond motifs is 1. The summed E-state index contributed by atoms with van der Waals surface area (Å²) < 4.78 is 0. The van der Waals surface area contributed by atoms with E-state index in [2.05, 4.69) is 21.3 Å². The molecule has 3 aromatic carbocycles. The number of amides is 3. The number of nitrogens with one attached hydrogen (secondary N) is 4. The van der Waals surface area contributed by atoms with E-state index >= 15 is 0 Å². The highest BCUT2D eigenvalue weighted by molar-refractivity contribution is 6.00. The van der Waals surface area contributed by atoms with Crippen LogP contribution in [0, 0.1) is 0 Å². The Hall–Kier alpha value is -3.79. The first kappa shape index (κ1) is 29.8. The van der Waals surface area contributed by atoms with E-state index in [-0.39, 0.29) is 26.1 Å². The van der Waals surface area contributed by atoms with Crippen molar-refractivity contribution in [2.45, 2.75) is 44.4 Å². The van der Waals surface area contributed by atoms with Crippen LogP contribution in [0.2, 0.25) is 0 Å². The van der Waals surface area contributed by atoms with E-state index in [1.807, 2.05) is 42.5 Å². The van der Waals surface area contributed by atoms with Crippen molar-refractivity contribution in [2.24, 2.45) is 0 Å². The zero-order valence-electron chi connectivity index (χ0n) is 22.4. The Balaban J connectivity index is 1.71. The summed E-state index contributed by atoms with van der Waals surface area (Å²) in [5.74, 6) is -1.36. The number of hydrogen-bond acceptors (Lipinski definition) is 6. The molecule has 6 N–H and O–H groups in total. The quantitative estimate of drug-likeness (QED) is 0.173. The molecule has 0 aliphatic rings. The van der Waals surface area contributed by atoms with Crippen molar-refractivity contribution in [1.29, 1.82) is 0 Å². The number of aliphatic hydroxyl groups is 2. The fraction of sp³-hybridized carbons (Fsp3) is 0.367. The fourth-order valence-electron chi connectivity index (χ4n) is 4.04. The number of rotatable bonds is 14. The van der Waals surface area contributed by atoms with Gasteiger partial charge in [-0.2, -0.15) is 0 Å². The van der Waals surface area contributed by atoms with E-state index < -0.39 is 35.4 Å². The Morgan fingerprint density at radius 2 is 1.59 bits per heavy atom. The number of hydrogen-bond donors (Lipinski definition) is 6. The van der Waals surface area contributed by atoms with Gasteiger partial charge in [-0.25, -0.2) is 0 Å². The van der Waals surface area contributed by atoms with Crippen LogP contribution in [0.25, 0.3) is 10.8 Å². The minimum absolute atomic E-state index is 0.0107. The van der Waals surface area contributed by atoms with Crippen LogP contribution in [0.5, 0.6) is 0 Å². The molecule has 0 saturated heterocycles. The molecule has 39 heavy (non-hydrogen) atoms. The molecular weight excluding hydrogens is 496 g/mol. The first-order valence-electron chi connectivity index (χ1n) is 13.1. The van der Waals surface area contributed by atoms with Gasteiger partial charge in [-0.05, 0) is 55.3 Å². The van der Waals surface area contributed by atoms with Crippen LogP contribution in [0.3, 0.4) is 0 Å². The lowest BCUT2D eigenvalue weighted by Crippen LogP contribution is -2.59. The third-order valence-corrected chi connectivity index (χ3v) is 6.31. The lowest BCUT2D eigenvalue weighted by atomic mass is 9.98. The van der Waals surface area contributed by atoms with E-state index in [9.17, 15) is 19.5 Å². The zero-order valence-corrected chi connectivity index (χ0v) is 22.4. The van der Waals surface area contributed by atoms with Crippen molar-refractivity contribution >= 4 is 28.5 Å². The highest BCUT2D eigenvalue weighted by Crippen LogP contribution is 2.17. The maximum absolute atomic E-state index is 13.3. The molecule has 2 atom stereocenters. The molecule has 0 radical (unpaired) electrons. The van der Waals surface area contributed by atoms with Gasteiger partial charge in [0.1, 0.15) is 11.6 Å². The predicted octanol–water partition coefficient (Wildman–Crippen LogP) is 1.52. The summed E-state index contributed by atoms with van der Waals surface area (Å²) >= 11 is 0. The Morgan fingerprint density at radius 3 is 2.31 bits per heavy atom. The summed E-state index contributed by atoms with van der Waals surface area (Å²) in [6.07, 6.45) is -0.0582. The van der Waals surface area contributed by atoms with Crippen LogP contribution in [0.1, 0.15) is 36.2 Å². The average Bonchev–Trinajstić information content (AvgIpc) is 2.93. The maximum atomic E-state index is 13.3. The zero-order chi connectivity index (χ0) is 28.3. The minimum Gasteiger partial charge on any atom is -0.396 e. The Morgan fingerprint density at radius 1 is 0.897 bits per heavy atom. The molecule has 0 aromatic heterocycles. The molecule has 0 bridgehead atoms.